The van der Waals surface area contributed by atoms with Gasteiger partial charge in [-0.05, 0) is 90.7 Å². The van der Waals surface area contributed by atoms with E-state index in [9.17, 15) is 9.90 Å². The number of aryl methyl sites for hydroxylation is 1. The molecule has 0 spiro atoms. The minimum Gasteiger partial charge on any atom is -0.508 e. The molecule has 6 rings (SSSR count). The predicted molar refractivity (Wildman–Crippen MR) is 99.5 cm³/mol. The van der Waals surface area contributed by atoms with Crippen LogP contribution >= 0.6 is 0 Å². The van der Waals surface area contributed by atoms with Crippen LogP contribution in [0.2, 0.25) is 0 Å². The molecule has 0 unspecified atom stereocenters. The zero-order valence-corrected chi connectivity index (χ0v) is 14.9. The second kappa shape index (κ2) is 6.00. The van der Waals surface area contributed by atoms with E-state index in [2.05, 4.69) is 12.2 Å². The van der Waals surface area contributed by atoms with Gasteiger partial charge in [0.2, 0.25) is 0 Å². The van der Waals surface area contributed by atoms with E-state index in [1.807, 2.05) is 18.2 Å². The maximum Gasteiger partial charge on any atom is 0.327 e. The molecule has 8 atom stereocenters. The van der Waals surface area contributed by atoms with Crippen LogP contribution in [0.5, 0.6) is 5.75 Å². The van der Waals surface area contributed by atoms with Crippen molar-refractivity contribution in [3.63, 3.8) is 0 Å². The van der Waals surface area contributed by atoms with E-state index >= 15 is 0 Å². The lowest BCUT2D eigenvalue weighted by atomic mass is 9.45. The van der Waals surface area contributed by atoms with Gasteiger partial charge in [-0.2, -0.15) is 0 Å². The Hall–Kier alpha value is -2.03. The molecule has 1 aromatic rings. The van der Waals surface area contributed by atoms with Crippen LogP contribution in [0.1, 0.15) is 24.8 Å². The second-order valence-electron chi connectivity index (χ2n) is 8.75. The Morgan fingerprint density at radius 3 is 2.62 bits per heavy atom. The molecule has 0 amide bonds. The smallest absolute Gasteiger partial charge is 0.327 e. The maximum atomic E-state index is 11.0. The van der Waals surface area contributed by atoms with Crippen molar-refractivity contribution in [1.82, 2.24) is 0 Å². The van der Waals surface area contributed by atoms with E-state index in [-0.39, 0.29) is 0 Å². The van der Waals surface area contributed by atoms with Crippen LogP contribution in [0, 0.1) is 47.3 Å². The number of allylic oxidation sites excluding steroid dienone is 3. The third-order valence-corrected chi connectivity index (χ3v) is 7.81. The van der Waals surface area contributed by atoms with E-state index in [1.165, 1.54) is 30.9 Å². The largest absolute Gasteiger partial charge is 0.508 e. The highest BCUT2D eigenvalue weighted by Gasteiger charge is 2.67. The first kappa shape index (κ1) is 16.2. The number of rotatable bonds is 6. The van der Waals surface area contributed by atoms with Gasteiger partial charge in [0, 0.05) is 6.08 Å². The lowest BCUT2D eigenvalue weighted by molar-refractivity contribution is -0.131. The SMILES string of the molecule is O=C(O)/C=C/[C@H]1[C@H]2C=C[C@H]3[C@@H]1C[C@H]1[C@H](CCCc4ccc(O)cc4)[C@@H]2[C@@H]31. The molecule has 0 aliphatic heterocycles. The molecule has 0 heterocycles. The Kier molecular flexibility index (Phi) is 3.73. The van der Waals surface area contributed by atoms with Gasteiger partial charge in [-0.25, -0.2) is 4.79 Å². The summed E-state index contributed by atoms with van der Waals surface area (Å²) < 4.78 is 0. The average molecular weight is 350 g/mol. The Labute approximate surface area is 154 Å². The van der Waals surface area contributed by atoms with Crippen molar-refractivity contribution in [2.24, 2.45) is 47.3 Å². The lowest BCUT2D eigenvalue weighted by Crippen LogP contribution is -2.55. The van der Waals surface area contributed by atoms with Crippen LogP contribution in [-0.2, 0) is 11.2 Å². The van der Waals surface area contributed by atoms with Crippen LogP contribution in [0.4, 0.5) is 0 Å². The Morgan fingerprint density at radius 1 is 1.08 bits per heavy atom. The summed E-state index contributed by atoms with van der Waals surface area (Å²) in [6, 6.07) is 7.60. The molecular weight excluding hydrogens is 324 g/mol. The normalized spacial score (nSPS) is 41.5. The predicted octanol–water partition coefficient (Wildman–Crippen LogP) is 4.29. The fraction of sp³-hybridized carbons (Fsp3) is 0.522. The van der Waals surface area contributed by atoms with Crippen LogP contribution in [0.3, 0.4) is 0 Å². The topological polar surface area (TPSA) is 57.5 Å². The van der Waals surface area contributed by atoms with E-state index in [1.54, 1.807) is 12.1 Å². The third kappa shape index (κ3) is 2.36. The summed E-state index contributed by atoms with van der Waals surface area (Å²) in [6.45, 7) is 0. The summed E-state index contributed by atoms with van der Waals surface area (Å²) in [5.41, 5.74) is 1.30. The number of hydrogen-bond acceptors (Lipinski definition) is 2. The number of phenolic OH excluding ortho intramolecular Hbond substituents is 1. The maximum absolute atomic E-state index is 11.0. The Bertz CT molecular complexity index is 762. The van der Waals surface area contributed by atoms with Gasteiger partial charge in [0.1, 0.15) is 5.75 Å². The number of benzene rings is 1. The van der Waals surface area contributed by atoms with Crippen LogP contribution < -0.4 is 0 Å². The van der Waals surface area contributed by atoms with Crippen molar-refractivity contribution in [1.29, 1.82) is 0 Å². The monoisotopic (exact) mass is 350 g/mol. The summed E-state index contributed by atoms with van der Waals surface area (Å²) in [5.74, 6) is 5.23. The molecule has 136 valence electrons. The molecule has 5 aliphatic carbocycles. The highest BCUT2D eigenvalue weighted by atomic mass is 16.4. The number of aliphatic carboxylic acids is 1. The van der Waals surface area contributed by atoms with Crippen molar-refractivity contribution in [3.05, 3.63) is 54.1 Å². The van der Waals surface area contributed by atoms with Gasteiger partial charge in [0.15, 0.2) is 0 Å². The number of phenols is 1. The third-order valence-electron chi connectivity index (χ3n) is 7.81. The fourth-order valence-corrected chi connectivity index (χ4v) is 6.98. The summed E-state index contributed by atoms with van der Waals surface area (Å²) in [4.78, 5) is 11.0. The van der Waals surface area contributed by atoms with Crippen molar-refractivity contribution in [3.8, 4) is 5.75 Å². The first-order chi connectivity index (χ1) is 12.6. The molecule has 0 saturated heterocycles. The molecule has 3 heteroatoms. The summed E-state index contributed by atoms with van der Waals surface area (Å²) >= 11 is 0. The minimum atomic E-state index is -0.817. The number of carboxylic acid groups (broad SMARTS) is 1. The lowest BCUT2D eigenvalue weighted by Gasteiger charge is -2.59. The average Bonchev–Trinajstić information content (AvgIpc) is 2.85. The zero-order chi connectivity index (χ0) is 17.8. The quantitative estimate of drug-likeness (QED) is 0.594. The number of carboxylic acids is 1. The molecule has 0 radical (unpaired) electrons. The van der Waals surface area contributed by atoms with Crippen LogP contribution in [0.25, 0.3) is 0 Å². The summed E-state index contributed by atoms with van der Waals surface area (Å²) in [7, 11) is 0. The first-order valence-corrected chi connectivity index (χ1v) is 10.0. The first-order valence-electron chi connectivity index (χ1n) is 10.0. The summed E-state index contributed by atoms with van der Waals surface area (Å²) in [6.07, 6.45) is 13.1. The van der Waals surface area contributed by atoms with E-state index in [4.69, 9.17) is 5.11 Å². The van der Waals surface area contributed by atoms with E-state index in [0.717, 1.165) is 30.1 Å². The fourth-order valence-electron chi connectivity index (χ4n) is 6.98. The van der Waals surface area contributed by atoms with Crippen LogP contribution in [0.15, 0.2) is 48.6 Å². The van der Waals surface area contributed by atoms with Gasteiger partial charge < -0.3 is 10.2 Å². The van der Waals surface area contributed by atoms with E-state index in [0.29, 0.717) is 29.4 Å². The molecule has 4 bridgehead atoms. The van der Waals surface area contributed by atoms with Crippen molar-refractivity contribution in [2.45, 2.75) is 25.7 Å². The molecule has 26 heavy (non-hydrogen) atoms. The van der Waals surface area contributed by atoms with Crippen LogP contribution in [-0.4, -0.2) is 16.2 Å². The standard InChI is InChI=1S/C23H26O3/c24-14-6-4-13(5-7-14)2-1-3-16-20-12-19-15(10-11-21(25)26)17-8-9-18(19)23(20)22(16)17/h4-11,15-20,22-24H,1-3,12H2,(H,25,26)/b11-10+/t15-,16-,17+,18-,19+,20-,22-,23-/m0/s1. The summed E-state index contributed by atoms with van der Waals surface area (Å²) in [5, 5.41) is 18.4. The molecule has 3 saturated carbocycles. The molecule has 0 aromatic heterocycles. The zero-order valence-electron chi connectivity index (χ0n) is 14.9. The van der Waals surface area contributed by atoms with Gasteiger partial charge in [0.05, 0.1) is 0 Å². The van der Waals surface area contributed by atoms with Crippen molar-refractivity contribution in [2.75, 3.05) is 0 Å². The second-order valence-corrected chi connectivity index (χ2v) is 8.75. The Morgan fingerprint density at radius 2 is 1.85 bits per heavy atom. The van der Waals surface area contributed by atoms with Gasteiger partial charge in [-0.3, -0.25) is 0 Å². The molecule has 2 N–H and O–H groups in total. The van der Waals surface area contributed by atoms with Gasteiger partial charge in [-0.15, -0.1) is 0 Å². The minimum absolute atomic E-state index is 0.335. The van der Waals surface area contributed by atoms with Gasteiger partial charge in [0.25, 0.3) is 0 Å². The van der Waals surface area contributed by atoms with E-state index < -0.39 is 5.97 Å². The molecule has 3 fully saturated rings. The molecule has 3 nitrogen and oxygen atoms in total. The van der Waals surface area contributed by atoms with Crippen molar-refractivity contribution >= 4 is 5.97 Å². The molecule has 5 aliphatic rings. The van der Waals surface area contributed by atoms with Gasteiger partial charge >= 0.3 is 5.97 Å². The number of hydrogen-bond donors (Lipinski definition) is 2. The highest BCUT2D eigenvalue weighted by molar-refractivity contribution is 5.79. The molecule has 1 aromatic carbocycles. The highest BCUT2D eigenvalue weighted by Crippen LogP contribution is 2.72. The number of aromatic hydroxyl groups is 1. The van der Waals surface area contributed by atoms with Crippen molar-refractivity contribution < 1.29 is 15.0 Å². The Balaban J connectivity index is 1.27. The van der Waals surface area contributed by atoms with Gasteiger partial charge in [-0.1, -0.05) is 30.4 Å². The molecular formula is C23H26O3. The number of carbonyl (C=O) groups is 1.